The highest BCUT2D eigenvalue weighted by atomic mass is 32.2. The Morgan fingerprint density at radius 2 is 2.08 bits per heavy atom. The third kappa shape index (κ3) is 3.81. The smallest absolute Gasteiger partial charge is 0.254 e. The van der Waals surface area contributed by atoms with E-state index in [1.54, 1.807) is 34.4 Å². The molecule has 6 heteroatoms. The first kappa shape index (κ1) is 16.8. The maximum Gasteiger partial charge on any atom is 0.254 e. The Bertz CT molecular complexity index is 882. The molecule has 0 atom stereocenters. The van der Waals surface area contributed by atoms with Crippen LogP contribution in [0.2, 0.25) is 0 Å². The van der Waals surface area contributed by atoms with Gasteiger partial charge < -0.3 is 4.90 Å². The molecule has 1 aliphatic heterocycles. The van der Waals surface area contributed by atoms with Crippen LogP contribution in [0.1, 0.15) is 31.5 Å². The van der Waals surface area contributed by atoms with Crippen molar-refractivity contribution in [2.45, 2.75) is 30.5 Å². The number of carbonyl (C=O) groups is 1. The molecular formula is C19H18N2OS3. The van der Waals surface area contributed by atoms with Crippen LogP contribution in [0.3, 0.4) is 0 Å². The summed E-state index contributed by atoms with van der Waals surface area (Å²) in [4.78, 5) is 21.8. The third-order valence-electron chi connectivity index (χ3n) is 4.25. The minimum Gasteiger partial charge on any atom is -0.334 e. The molecule has 1 aromatic carbocycles. The fraction of sp³-hybridized carbons (Fsp3) is 0.263. The van der Waals surface area contributed by atoms with Crippen molar-refractivity contribution in [3.63, 3.8) is 0 Å². The highest BCUT2D eigenvalue weighted by molar-refractivity contribution is 7.98. The van der Waals surface area contributed by atoms with Gasteiger partial charge in [0.15, 0.2) is 0 Å². The number of nitrogens with zero attached hydrogens (tertiary/aromatic N) is 2. The molecule has 3 nitrogen and oxygen atoms in total. The number of rotatable bonds is 4. The number of thiophene rings is 1. The third-order valence-corrected chi connectivity index (χ3v) is 7.14. The summed E-state index contributed by atoms with van der Waals surface area (Å²) in [5, 5.41) is 5.33. The number of hydrogen-bond acceptors (Lipinski definition) is 5. The van der Waals surface area contributed by atoms with Crippen molar-refractivity contribution >= 4 is 40.3 Å². The van der Waals surface area contributed by atoms with Gasteiger partial charge in [0.1, 0.15) is 0 Å². The second-order valence-electron chi connectivity index (χ2n) is 6.02. The van der Waals surface area contributed by atoms with Gasteiger partial charge in [-0.1, -0.05) is 0 Å². The molecule has 1 amide bonds. The van der Waals surface area contributed by atoms with Gasteiger partial charge in [0.2, 0.25) is 0 Å². The van der Waals surface area contributed by atoms with Gasteiger partial charge in [-0.05, 0) is 54.6 Å². The number of benzene rings is 1. The number of thiazole rings is 1. The van der Waals surface area contributed by atoms with Gasteiger partial charge in [-0.2, -0.15) is 0 Å². The maximum atomic E-state index is 12.7. The van der Waals surface area contributed by atoms with Crippen molar-refractivity contribution in [2.75, 3.05) is 6.54 Å². The van der Waals surface area contributed by atoms with Gasteiger partial charge >= 0.3 is 0 Å². The van der Waals surface area contributed by atoms with E-state index < -0.39 is 0 Å². The Hall–Kier alpha value is -1.63. The van der Waals surface area contributed by atoms with Crippen LogP contribution in [0, 0.1) is 6.92 Å². The molecule has 0 saturated heterocycles. The SMILES string of the molecule is Cc1nc(CSc2ccc(C(=O)N3CCc4sccc4C3)cc2)cs1. The predicted molar refractivity (Wildman–Crippen MR) is 106 cm³/mol. The van der Waals surface area contributed by atoms with Gasteiger partial charge in [-0.25, -0.2) is 4.98 Å². The summed E-state index contributed by atoms with van der Waals surface area (Å²) in [5.41, 5.74) is 3.19. The summed E-state index contributed by atoms with van der Waals surface area (Å²) in [6.45, 7) is 3.57. The molecule has 2 aromatic heterocycles. The molecule has 3 aromatic rings. The second kappa shape index (κ2) is 7.32. The summed E-state index contributed by atoms with van der Waals surface area (Å²) in [6, 6.07) is 10.1. The molecule has 0 N–H and O–H groups in total. The van der Waals surface area contributed by atoms with E-state index in [0.717, 1.165) is 41.5 Å². The van der Waals surface area contributed by atoms with Crippen LogP contribution in [-0.4, -0.2) is 22.3 Å². The van der Waals surface area contributed by atoms with E-state index in [1.165, 1.54) is 15.3 Å². The first-order valence-corrected chi connectivity index (χ1v) is 10.9. The molecule has 0 fully saturated rings. The van der Waals surface area contributed by atoms with Crippen molar-refractivity contribution < 1.29 is 4.79 Å². The molecule has 0 radical (unpaired) electrons. The zero-order chi connectivity index (χ0) is 17.2. The summed E-state index contributed by atoms with van der Waals surface area (Å²) in [5.74, 6) is 0.994. The Morgan fingerprint density at radius 1 is 1.24 bits per heavy atom. The maximum absolute atomic E-state index is 12.7. The highest BCUT2D eigenvalue weighted by Crippen LogP contribution is 2.27. The van der Waals surface area contributed by atoms with E-state index in [-0.39, 0.29) is 5.91 Å². The monoisotopic (exact) mass is 386 g/mol. The largest absolute Gasteiger partial charge is 0.334 e. The van der Waals surface area contributed by atoms with Crippen LogP contribution in [0.4, 0.5) is 0 Å². The van der Waals surface area contributed by atoms with Crippen LogP contribution >= 0.6 is 34.4 Å². The zero-order valence-electron chi connectivity index (χ0n) is 13.9. The number of aryl methyl sites for hydroxylation is 1. The van der Waals surface area contributed by atoms with Crippen molar-refractivity contribution in [3.8, 4) is 0 Å². The van der Waals surface area contributed by atoms with Crippen LogP contribution in [0.5, 0.6) is 0 Å². The lowest BCUT2D eigenvalue weighted by Gasteiger charge is -2.27. The van der Waals surface area contributed by atoms with Crippen molar-refractivity contribution in [1.29, 1.82) is 0 Å². The Labute approximate surface area is 159 Å². The van der Waals surface area contributed by atoms with E-state index in [2.05, 4.69) is 21.8 Å². The molecule has 0 spiro atoms. The fourth-order valence-corrected chi connectivity index (χ4v) is 5.33. The Kier molecular flexibility index (Phi) is 4.92. The number of hydrogen-bond donors (Lipinski definition) is 0. The average molecular weight is 387 g/mol. The zero-order valence-corrected chi connectivity index (χ0v) is 16.3. The lowest BCUT2D eigenvalue weighted by molar-refractivity contribution is 0.0736. The normalized spacial score (nSPS) is 13.7. The summed E-state index contributed by atoms with van der Waals surface area (Å²) in [7, 11) is 0. The minimum atomic E-state index is 0.128. The van der Waals surface area contributed by atoms with Gasteiger partial charge in [0.05, 0.1) is 10.7 Å². The minimum absolute atomic E-state index is 0.128. The van der Waals surface area contributed by atoms with Crippen LogP contribution < -0.4 is 0 Å². The summed E-state index contributed by atoms with van der Waals surface area (Å²) >= 11 is 5.24. The molecule has 25 heavy (non-hydrogen) atoms. The van der Waals surface area contributed by atoms with Crippen LogP contribution in [-0.2, 0) is 18.7 Å². The Balaban J connectivity index is 1.39. The van der Waals surface area contributed by atoms with E-state index in [4.69, 9.17) is 0 Å². The molecule has 0 bridgehead atoms. The number of amides is 1. The predicted octanol–water partition coefficient (Wildman–Crippen LogP) is 5.00. The van der Waals surface area contributed by atoms with E-state index in [0.29, 0.717) is 0 Å². The van der Waals surface area contributed by atoms with Crippen molar-refractivity contribution in [1.82, 2.24) is 9.88 Å². The lowest BCUT2D eigenvalue weighted by atomic mass is 10.1. The molecule has 0 unspecified atom stereocenters. The summed E-state index contributed by atoms with van der Waals surface area (Å²) < 4.78 is 0. The van der Waals surface area contributed by atoms with Gasteiger partial charge in [-0.15, -0.1) is 34.4 Å². The van der Waals surface area contributed by atoms with Crippen molar-refractivity contribution in [2.24, 2.45) is 0 Å². The van der Waals surface area contributed by atoms with Crippen LogP contribution in [0.15, 0.2) is 46.0 Å². The number of fused-ring (bicyclic) bond motifs is 1. The number of carbonyl (C=O) groups excluding carboxylic acids is 1. The van der Waals surface area contributed by atoms with Gasteiger partial charge in [-0.3, -0.25) is 4.79 Å². The number of aromatic nitrogens is 1. The van der Waals surface area contributed by atoms with Crippen LogP contribution in [0.25, 0.3) is 0 Å². The Morgan fingerprint density at radius 3 is 2.84 bits per heavy atom. The van der Waals surface area contributed by atoms with E-state index >= 15 is 0 Å². The van der Waals surface area contributed by atoms with E-state index in [9.17, 15) is 4.79 Å². The molecule has 0 aliphatic carbocycles. The topological polar surface area (TPSA) is 33.2 Å². The summed E-state index contributed by atoms with van der Waals surface area (Å²) in [6.07, 6.45) is 0.972. The first-order chi connectivity index (χ1) is 12.2. The van der Waals surface area contributed by atoms with Crippen molar-refractivity contribution in [3.05, 3.63) is 67.8 Å². The fourth-order valence-electron chi connectivity index (χ4n) is 2.93. The lowest BCUT2D eigenvalue weighted by Crippen LogP contribution is -2.35. The van der Waals surface area contributed by atoms with E-state index in [1.807, 2.05) is 36.1 Å². The van der Waals surface area contributed by atoms with Gasteiger partial charge in [0.25, 0.3) is 5.91 Å². The molecule has 1 aliphatic rings. The molecule has 3 heterocycles. The first-order valence-electron chi connectivity index (χ1n) is 8.17. The number of thioether (sulfide) groups is 1. The molecular weight excluding hydrogens is 368 g/mol. The molecule has 0 saturated carbocycles. The second-order valence-corrected chi connectivity index (χ2v) is 9.13. The standard InChI is InChI=1S/C19H18N2OS3/c1-13-20-16(11-24-13)12-25-17-4-2-14(3-5-17)19(22)21-8-6-18-15(10-21)7-9-23-18/h2-5,7,9,11H,6,8,10,12H2,1H3. The average Bonchev–Trinajstić information content (AvgIpc) is 3.27. The molecule has 4 rings (SSSR count). The highest BCUT2D eigenvalue weighted by Gasteiger charge is 2.22. The molecule has 128 valence electrons. The van der Waals surface area contributed by atoms with Gasteiger partial charge in [0, 0.05) is 39.6 Å². The quantitative estimate of drug-likeness (QED) is 0.591.